The molecule has 0 radical (unpaired) electrons. The maximum atomic E-state index is 13.9. The quantitative estimate of drug-likeness (QED) is 0.708. The van der Waals surface area contributed by atoms with Crippen LogP contribution in [0.3, 0.4) is 0 Å². The van der Waals surface area contributed by atoms with Crippen LogP contribution < -0.4 is 21.3 Å². The van der Waals surface area contributed by atoms with Crippen molar-refractivity contribution in [3.05, 3.63) is 80.4 Å². The fourth-order valence-electron chi connectivity index (χ4n) is 2.82. The molecule has 1 N–H and O–H groups in total. The summed E-state index contributed by atoms with van der Waals surface area (Å²) in [6, 6.07) is 10.7. The van der Waals surface area contributed by atoms with Gasteiger partial charge in [0.15, 0.2) is 0 Å². The number of nitrogens with zero attached hydrogens (tertiary/aromatic N) is 3. The monoisotopic (exact) mass is 398 g/mol. The molecule has 2 aromatic carbocycles. The van der Waals surface area contributed by atoms with E-state index in [9.17, 15) is 18.8 Å². The minimum atomic E-state index is -0.691. The highest BCUT2D eigenvalue weighted by molar-refractivity contribution is 5.89. The average Bonchev–Trinajstić information content (AvgIpc) is 2.69. The number of benzene rings is 2. The maximum Gasteiger partial charge on any atom is 0.352 e. The van der Waals surface area contributed by atoms with Gasteiger partial charge in [0.1, 0.15) is 17.3 Å². The van der Waals surface area contributed by atoms with Crippen LogP contribution in [0.15, 0.2) is 52.1 Å². The fraction of sp³-hybridized carbons (Fsp3) is 0.200. The molecule has 9 heteroatoms. The molecule has 29 heavy (non-hydrogen) atoms. The van der Waals surface area contributed by atoms with Crippen molar-refractivity contribution < 1.29 is 13.9 Å². The van der Waals surface area contributed by atoms with Gasteiger partial charge in [-0.3, -0.25) is 14.2 Å². The highest BCUT2D eigenvalue weighted by Crippen LogP contribution is 2.18. The number of carbonyl (C=O) groups excluding carboxylic acids is 1. The molecule has 0 spiro atoms. The van der Waals surface area contributed by atoms with Crippen LogP contribution in [0.1, 0.15) is 18.2 Å². The third-order valence-corrected chi connectivity index (χ3v) is 4.20. The van der Waals surface area contributed by atoms with Crippen LogP contribution in [0.5, 0.6) is 5.75 Å². The molecule has 0 aliphatic carbocycles. The van der Waals surface area contributed by atoms with Gasteiger partial charge in [0.05, 0.1) is 25.0 Å². The van der Waals surface area contributed by atoms with Gasteiger partial charge in [-0.25, -0.2) is 9.18 Å². The SMILES string of the molecule is COc1cccc(Cn2c(=O)c(C)nn(-c3ccc(F)c(NC(C)=O)c3)c2=O)c1. The van der Waals surface area contributed by atoms with E-state index in [-0.39, 0.29) is 23.6 Å². The van der Waals surface area contributed by atoms with Crippen molar-refractivity contribution in [3.63, 3.8) is 0 Å². The summed E-state index contributed by atoms with van der Waals surface area (Å²) >= 11 is 0. The van der Waals surface area contributed by atoms with E-state index in [0.29, 0.717) is 11.3 Å². The summed E-state index contributed by atoms with van der Waals surface area (Å²) in [5, 5.41) is 6.40. The predicted octanol–water partition coefficient (Wildman–Crippen LogP) is 1.86. The normalized spacial score (nSPS) is 10.6. The van der Waals surface area contributed by atoms with Crippen molar-refractivity contribution in [3.8, 4) is 11.4 Å². The van der Waals surface area contributed by atoms with Gasteiger partial charge in [-0.05, 0) is 42.8 Å². The second kappa shape index (κ2) is 8.09. The number of ether oxygens (including phenoxy) is 1. The second-order valence-electron chi connectivity index (χ2n) is 6.37. The largest absolute Gasteiger partial charge is 0.497 e. The zero-order valence-corrected chi connectivity index (χ0v) is 16.1. The Kier molecular flexibility index (Phi) is 5.58. The van der Waals surface area contributed by atoms with Crippen molar-refractivity contribution in [2.45, 2.75) is 20.4 Å². The summed E-state index contributed by atoms with van der Waals surface area (Å²) in [6.45, 7) is 2.74. The molecule has 0 atom stereocenters. The number of amides is 1. The van der Waals surface area contributed by atoms with Gasteiger partial charge in [0, 0.05) is 6.92 Å². The van der Waals surface area contributed by atoms with Crippen molar-refractivity contribution in [1.82, 2.24) is 14.3 Å². The van der Waals surface area contributed by atoms with Crippen molar-refractivity contribution >= 4 is 11.6 Å². The fourth-order valence-corrected chi connectivity index (χ4v) is 2.82. The van der Waals surface area contributed by atoms with Gasteiger partial charge in [-0.15, -0.1) is 0 Å². The molecule has 0 unspecified atom stereocenters. The molecule has 0 saturated carbocycles. The summed E-state index contributed by atoms with van der Waals surface area (Å²) in [4.78, 5) is 36.8. The van der Waals surface area contributed by atoms with Crippen molar-refractivity contribution in [1.29, 1.82) is 0 Å². The summed E-state index contributed by atoms with van der Waals surface area (Å²) in [5.74, 6) is -0.515. The molecule has 1 amide bonds. The lowest BCUT2D eigenvalue weighted by atomic mass is 10.2. The van der Waals surface area contributed by atoms with E-state index in [1.807, 2.05) is 0 Å². The van der Waals surface area contributed by atoms with Gasteiger partial charge < -0.3 is 10.1 Å². The lowest BCUT2D eigenvalue weighted by Crippen LogP contribution is -2.42. The number of hydrogen-bond donors (Lipinski definition) is 1. The number of nitrogens with one attached hydrogen (secondary N) is 1. The third kappa shape index (κ3) is 4.23. The van der Waals surface area contributed by atoms with E-state index >= 15 is 0 Å². The highest BCUT2D eigenvalue weighted by atomic mass is 19.1. The molecule has 150 valence electrons. The Morgan fingerprint density at radius 3 is 2.66 bits per heavy atom. The zero-order valence-electron chi connectivity index (χ0n) is 16.1. The first kappa shape index (κ1) is 20.0. The number of carbonyl (C=O) groups is 1. The van der Waals surface area contributed by atoms with Gasteiger partial charge in [-0.2, -0.15) is 9.78 Å². The number of methoxy groups -OCH3 is 1. The summed E-state index contributed by atoms with van der Waals surface area (Å²) < 4.78 is 21.2. The predicted molar refractivity (Wildman–Crippen MR) is 105 cm³/mol. The molecule has 8 nitrogen and oxygen atoms in total. The van der Waals surface area contributed by atoms with Crippen molar-refractivity contribution in [2.24, 2.45) is 0 Å². The number of halogens is 1. The maximum absolute atomic E-state index is 13.9. The molecule has 3 aromatic rings. The first-order chi connectivity index (χ1) is 13.8. The molecular weight excluding hydrogens is 379 g/mol. The Labute approximate surface area is 165 Å². The first-order valence-corrected chi connectivity index (χ1v) is 8.71. The Bertz CT molecular complexity index is 1200. The molecule has 0 saturated heterocycles. The third-order valence-electron chi connectivity index (χ3n) is 4.20. The highest BCUT2D eigenvalue weighted by Gasteiger charge is 2.14. The van der Waals surface area contributed by atoms with Crippen LogP contribution in [-0.4, -0.2) is 27.4 Å². The number of hydrogen-bond acceptors (Lipinski definition) is 5. The lowest BCUT2D eigenvalue weighted by Gasteiger charge is -2.12. The number of rotatable bonds is 5. The van der Waals surface area contributed by atoms with Crippen LogP contribution >= 0.6 is 0 Å². The van der Waals surface area contributed by atoms with E-state index in [0.717, 1.165) is 15.3 Å². The van der Waals surface area contributed by atoms with E-state index in [2.05, 4.69) is 10.4 Å². The van der Waals surface area contributed by atoms with E-state index in [4.69, 9.17) is 4.74 Å². The summed E-state index contributed by atoms with van der Waals surface area (Å²) in [5.41, 5.74) is -0.312. The zero-order chi connectivity index (χ0) is 21.1. The molecule has 1 heterocycles. The number of aryl methyl sites for hydroxylation is 1. The van der Waals surface area contributed by atoms with E-state index < -0.39 is 23.0 Å². The number of aromatic nitrogens is 3. The molecule has 1 aromatic heterocycles. The molecule has 0 bridgehead atoms. The smallest absolute Gasteiger partial charge is 0.352 e. The first-order valence-electron chi connectivity index (χ1n) is 8.71. The second-order valence-corrected chi connectivity index (χ2v) is 6.37. The molecule has 3 rings (SSSR count). The minimum Gasteiger partial charge on any atom is -0.497 e. The Morgan fingerprint density at radius 1 is 1.21 bits per heavy atom. The molecule has 0 aliphatic heterocycles. The molecular formula is C20H19FN4O4. The van der Waals surface area contributed by atoms with Gasteiger partial charge in [0.25, 0.3) is 5.56 Å². The summed E-state index contributed by atoms with van der Waals surface area (Å²) in [7, 11) is 1.52. The summed E-state index contributed by atoms with van der Waals surface area (Å²) in [6.07, 6.45) is 0. The van der Waals surface area contributed by atoms with E-state index in [1.165, 1.54) is 33.1 Å². The number of anilines is 1. The standard InChI is InChI=1S/C20H19FN4O4/c1-12-19(27)24(11-14-5-4-6-16(9-14)29-3)20(28)25(23-12)15-7-8-17(21)18(10-15)22-13(2)26/h4-10H,11H2,1-3H3,(H,22,26). The minimum absolute atomic E-state index is 0.0119. The van der Waals surface area contributed by atoms with Crippen LogP contribution in [-0.2, 0) is 11.3 Å². The van der Waals surface area contributed by atoms with Crippen molar-refractivity contribution in [2.75, 3.05) is 12.4 Å². The van der Waals surface area contributed by atoms with Crippen LogP contribution in [0, 0.1) is 12.7 Å². The average molecular weight is 398 g/mol. The Hall–Kier alpha value is -3.75. The Balaban J connectivity index is 2.12. The van der Waals surface area contributed by atoms with Crippen LogP contribution in [0.4, 0.5) is 10.1 Å². The van der Waals surface area contributed by atoms with Crippen LogP contribution in [0.2, 0.25) is 0 Å². The van der Waals surface area contributed by atoms with E-state index in [1.54, 1.807) is 24.3 Å². The van der Waals surface area contributed by atoms with Crippen LogP contribution in [0.25, 0.3) is 5.69 Å². The Morgan fingerprint density at radius 2 is 1.97 bits per heavy atom. The van der Waals surface area contributed by atoms with Gasteiger partial charge >= 0.3 is 5.69 Å². The topological polar surface area (TPSA) is 95.2 Å². The lowest BCUT2D eigenvalue weighted by molar-refractivity contribution is -0.114. The molecule has 0 aliphatic rings. The van der Waals surface area contributed by atoms with Gasteiger partial charge in [-0.1, -0.05) is 12.1 Å². The molecule has 0 fully saturated rings. The van der Waals surface area contributed by atoms with Gasteiger partial charge in [0.2, 0.25) is 5.91 Å².